The molecule has 0 bridgehead atoms. The Hall–Kier alpha value is -2.22. The van der Waals surface area contributed by atoms with Gasteiger partial charge in [-0.15, -0.1) is 0 Å². The molecule has 27 heavy (non-hydrogen) atoms. The van der Waals surface area contributed by atoms with Gasteiger partial charge in [-0.05, 0) is 38.0 Å². The van der Waals surface area contributed by atoms with E-state index in [1.54, 1.807) is 24.3 Å². The summed E-state index contributed by atoms with van der Waals surface area (Å²) in [5.41, 5.74) is 0.226. The van der Waals surface area contributed by atoms with Crippen LogP contribution >= 0.6 is 0 Å². The molecular formula is C20H23NO5S. The lowest BCUT2D eigenvalue weighted by atomic mass is 9.98. The molecule has 2 aromatic rings. The molecule has 2 aromatic carbocycles. The van der Waals surface area contributed by atoms with Gasteiger partial charge >= 0.3 is 5.97 Å². The fourth-order valence-corrected chi connectivity index (χ4v) is 4.87. The van der Waals surface area contributed by atoms with Gasteiger partial charge in [-0.2, -0.15) is 4.31 Å². The van der Waals surface area contributed by atoms with Crippen molar-refractivity contribution in [1.82, 2.24) is 4.31 Å². The lowest BCUT2D eigenvalue weighted by Gasteiger charge is -2.29. The summed E-state index contributed by atoms with van der Waals surface area (Å²) in [7, 11) is -3.93. The summed E-state index contributed by atoms with van der Waals surface area (Å²) < 4.78 is 32.4. The van der Waals surface area contributed by atoms with E-state index in [0.717, 1.165) is 15.4 Å². The molecule has 1 saturated heterocycles. The lowest BCUT2D eigenvalue weighted by Crippen LogP contribution is -2.51. The Bertz CT molecular complexity index is 907. The topological polar surface area (TPSA) is 83.9 Å². The third kappa shape index (κ3) is 4.05. The van der Waals surface area contributed by atoms with Crippen LogP contribution in [0.2, 0.25) is 0 Å². The largest absolute Gasteiger partial charge is 0.460 e. The molecule has 2 atom stereocenters. The van der Waals surface area contributed by atoms with Crippen LogP contribution in [-0.2, 0) is 26.2 Å². The molecular weight excluding hydrogens is 366 g/mol. The zero-order valence-corrected chi connectivity index (χ0v) is 16.1. The predicted molar refractivity (Wildman–Crippen MR) is 100 cm³/mol. The van der Waals surface area contributed by atoms with Crippen LogP contribution < -0.4 is 0 Å². The van der Waals surface area contributed by atoms with Crippen molar-refractivity contribution >= 4 is 16.0 Å². The van der Waals surface area contributed by atoms with E-state index in [0.29, 0.717) is 0 Å². The quantitative estimate of drug-likeness (QED) is 0.793. The minimum absolute atomic E-state index is 0.0185. The van der Waals surface area contributed by atoms with Gasteiger partial charge in [0.2, 0.25) is 10.0 Å². The van der Waals surface area contributed by atoms with Crippen molar-refractivity contribution in [2.75, 3.05) is 6.54 Å². The standard InChI is InChI=1S/C20H23NO5S/c1-15-8-10-17(11-9-15)27(24,25)21-13-12-20(2,23)18(21)19(22)26-14-16-6-4-3-5-7-16/h3-11,18,23H,12-14H2,1-2H3. The molecule has 7 heteroatoms. The number of sulfonamides is 1. The number of nitrogens with zero attached hydrogens (tertiary/aromatic N) is 1. The highest BCUT2D eigenvalue weighted by Crippen LogP contribution is 2.34. The maximum Gasteiger partial charge on any atom is 0.327 e. The summed E-state index contributed by atoms with van der Waals surface area (Å²) in [6, 6.07) is 14.2. The number of benzene rings is 2. The number of aryl methyl sites for hydroxylation is 1. The van der Waals surface area contributed by atoms with Gasteiger partial charge < -0.3 is 9.84 Å². The zero-order valence-electron chi connectivity index (χ0n) is 15.3. The number of carbonyl (C=O) groups excluding carboxylic acids is 1. The number of aliphatic hydroxyl groups is 1. The van der Waals surface area contributed by atoms with Crippen molar-refractivity contribution in [3.63, 3.8) is 0 Å². The van der Waals surface area contributed by atoms with Gasteiger partial charge in [0.25, 0.3) is 0 Å². The molecule has 1 aliphatic rings. The molecule has 1 N–H and O–H groups in total. The van der Waals surface area contributed by atoms with Crippen LogP contribution in [0.1, 0.15) is 24.5 Å². The first-order chi connectivity index (χ1) is 12.7. The molecule has 1 fully saturated rings. The molecule has 6 nitrogen and oxygen atoms in total. The first-order valence-electron chi connectivity index (χ1n) is 8.73. The van der Waals surface area contributed by atoms with Crippen LogP contribution in [0.25, 0.3) is 0 Å². The van der Waals surface area contributed by atoms with Gasteiger partial charge in [-0.3, -0.25) is 4.79 Å². The zero-order chi connectivity index (χ0) is 19.7. The van der Waals surface area contributed by atoms with E-state index in [1.807, 2.05) is 25.1 Å². The highest BCUT2D eigenvalue weighted by atomic mass is 32.2. The molecule has 1 aliphatic heterocycles. The van der Waals surface area contributed by atoms with Crippen molar-refractivity contribution in [2.45, 2.75) is 43.4 Å². The first kappa shape index (κ1) is 19.5. The molecule has 0 aromatic heterocycles. The predicted octanol–water partition coefficient (Wildman–Crippen LogP) is 2.25. The summed E-state index contributed by atoms with van der Waals surface area (Å²) in [5, 5.41) is 10.6. The van der Waals surface area contributed by atoms with Crippen LogP contribution in [0, 0.1) is 6.92 Å². The monoisotopic (exact) mass is 389 g/mol. The number of hydrogen-bond donors (Lipinski definition) is 1. The van der Waals surface area contributed by atoms with Crippen LogP contribution in [0.15, 0.2) is 59.5 Å². The van der Waals surface area contributed by atoms with Gasteiger partial charge in [-0.1, -0.05) is 48.0 Å². The molecule has 0 saturated carbocycles. The molecule has 1 heterocycles. The Morgan fingerprint density at radius 3 is 2.44 bits per heavy atom. The van der Waals surface area contributed by atoms with E-state index >= 15 is 0 Å². The van der Waals surface area contributed by atoms with Crippen molar-refractivity contribution < 1.29 is 23.1 Å². The van der Waals surface area contributed by atoms with E-state index in [1.165, 1.54) is 19.1 Å². The number of esters is 1. The highest BCUT2D eigenvalue weighted by molar-refractivity contribution is 7.89. The van der Waals surface area contributed by atoms with Crippen molar-refractivity contribution in [2.24, 2.45) is 0 Å². The van der Waals surface area contributed by atoms with E-state index in [-0.39, 0.29) is 24.5 Å². The van der Waals surface area contributed by atoms with Crippen LogP contribution in [-0.4, -0.2) is 42.0 Å². The second-order valence-electron chi connectivity index (χ2n) is 7.03. The van der Waals surface area contributed by atoms with E-state index in [4.69, 9.17) is 4.74 Å². The fraction of sp³-hybridized carbons (Fsp3) is 0.350. The van der Waals surface area contributed by atoms with Gasteiger partial charge in [0.1, 0.15) is 6.61 Å². The van der Waals surface area contributed by atoms with Crippen LogP contribution in [0.4, 0.5) is 0 Å². The molecule has 3 rings (SSSR count). The lowest BCUT2D eigenvalue weighted by molar-refractivity contribution is -0.154. The molecule has 0 amide bonds. The van der Waals surface area contributed by atoms with Gasteiger partial charge in [0.15, 0.2) is 6.04 Å². The summed E-state index contributed by atoms with van der Waals surface area (Å²) in [6.45, 7) is 3.39. The van der Waals surface area contributed by atoms with Crippen molar-refractivity contribution in [3.8, 4) is 0 Å². The average Bonchev–Trinajstić information content (AvgIpc) is 2.97. The highest BCUT2D eigenvalue weighted by Gasteiger charge is 2.52. The number of hydrogen-bond acceptors (Lipinski definition) is 5. The minimum atomic E-state index is -3.93. The van der Waals surface area contributed by atoms with Crippen molar-refractivity contribution in [3.05, 3.63) is 65.7 Å². The van der Waals surface area contributed by atoms with E-state index in [2.05, 4.69) is 0 Å². The molecule has 0 aliphatic carbocycles. The smallest absolute Gasteiger partial charge is 0.327 e. The summed E-state index contributed by atoms with van der Waals surface area (Å²) in [5.74, 6) is -0.753. The Labute approximate surface area is 159 Å². The van der Waals surface area contributed by atoms with Crippen LogP contribution in [0.3, 0.4) is 0 Å². The second-order valence-corrected chi connectivity index (χ2v) is 8.92. The Morgan fingerprint density at radius 1 is 1.19 bits per heavy atom. The fourth-order valence-electron chi connectivity index (χ4n) is 3.20. The number of ether oxygens (including phenoxy) is 1. The SMILES string of the molecule is Cc1ccc(S(=O)(=O)N2CCC(C)(O)C2C(=O)OCc2ccccc2)cc1. The first-order valence-corrected chi connectivity index (χ1v) is 10.2. The molecule has 0 radical (unpaired) electrons. The Balaban J connectivity index is 1.84. The Morgan fingerprint density at radius 2 is 1.81 bits per heavy atom. The summed E-state index contributed by atoms with van der Waals surface area (Å²) >= 11 is 0. The van der Waals surface area contributed by atoms with Crippen molar-refractivity contribution in [1.29, 1.82) is 0 Å². The molecule has 0 spiro atoms. The maximum atomic E-state index is 13.0. The maximum absolute atomic E-state index is 13.0. The third-order valence-corrected chi connectivity index (χ3v) is 6.67. The number of rotatable bonds is 5. The minimum Gasteiger partial charge on any atom is -0.460 e. The van der Waals surface area contributed by atoms with Gasteiger partial charge in [-0.25, -0.2) is 8.42 Å². The Kier molecular flexibility index (Phi) is 5.37. The average molecular weight is 389 g/mol. The summed E-state index contributed by atoms with van der Waals surface area (Å²) in [6.07, 6.45) is 0.156. The van der Waals surface area contributed by atoms with Crippen LogP contribution in [0.5, 0.6) is 0 Å². The van der Waals surface area contributed by atoms with E-state index in [9.17, 15) is 18.3 Å². The normalized spacial score (nSPS) is 23.3. The summed E-state index contributed by atoms with van der Waals surface area (Å²) in [4.78, 5) is 12.8. The number of carbonyl (C=O) groups is 1. The van der Waals surface area contributed by atoms with Gasteiger partial charge in [0, 0.05) is 6.54 Å². The molecule has 144 valence electrons. The third-order valence-electron chi connectivity index (χ3n) is 4.79. The second kappa shape index (κ2) is 7.42. The van der Waals surface area contributed by atoms with E-state index < -0.39 is 27.6 Å². The molecule has 2 unspecified atom stereocenters. The van der Waals surface area contributed by atoms with Gasteiger partial charge in [0.05, 0.1) is 10.5 Å².